The van der Waals surface area contributed by atoms with Gasteiger partial charge in [0.05, 0.1) is 24.4 Å². The van der Waals surface area contributed by atoms with E-state index in [0.717, 1.165) is 29.7 Å². The molecule has 0 fully saturated rings. The molecule has 1 aromatic heterocycles. The molecule has 24 heavy (non-hydrogen) atoms. The Labute approximate surface area is 151 Å². The number of thioether (sulfide) groups is 1. The Morgan fingerprint density at radius 2 is 2.42 bits per heavy atom. The number of unbranched alkanes of at least 4 members (excludes halogenated alkanes) is 1. The third-order valence-electron chi connectivity index (χ3n) is 3.90. The topological polar surface area (TPSA) is 67.7 Å². The van der Waals surface area contributed by atoms with E-state index in [4.69, 9.17) is 4.43 Å². The summed E-state index contributed by atoms with van der Waals surface area (Å²) in [6.45, 7) is 2.65. The zero-order valence-electron chi connectivity index (χ0n) is 14.3. The number of aliphatic imine (C=N–C) groups is 1. The molecule has 2 N–H and O–H groups in total. The molecule has 0 saturated carbocycles. The van der Waals surface area contributed by atoms with Crippen LogP contribution in [-0.4, -0.2) is 50.0 Å². The van der Waals surface area contributed by atoms with Crippen LogP contribution in [0.5, 0.6) is 0 Å². The first kappa shape index (κ1) is 19.4. The Kier molecular flexibility index (Phi) is 7.68. The van der Waals surface area contributed by atoms with Crippen LogP contribution in [0.2, 0.25) is 6.04 Å². The Morgan fingerprint density at radius 3 is 3.08 bits per heavy atom. The highest BCUT2D eigenvalue weighted by atomic mass is 32.2. The van der Waals surface area contributed by atoms with Gasteiger partial charge >= 0.3 is 6.03 Å². The van der Waals surface area contributed by atoms with Gasteiger partial charge in [0.25, 0.3) is 0 Å². The number of nitrogens with one attached hydrogen (secondary N) is 2. The van der Waals surface area contributed by atoms with Gasteiger partial charge in [-0.3, -0.25) is 9.56 Å². The van der Waals surface area contributed by atoms with Crippen molar-refractivity contribution in [1.82, 2.24) is 15.2 Å². The van der Waals surface area contributed by atoms with Crippen LogP contribution in [0.15, 0.2) is 23.3 Å². The van der Waals surface area contributed by atoms with Crippen LogP contribution in [0.25, 0.3) is 0 Å². The van der Waals surface area contributed by atoms with E-state index in [2.05, 4.69) is 30.9 Å². The molecular weight excluding hydrogens is 359 g/mol. The lowest BCUT2D eigenvalue weighted by atomic mass is 10.0. The lowest BCUT2D eigenvalue weighted by molar-refractivity contribution is 0.203. The first-order valence-electron chi connectivity index (χ1n) is 8.06. The second-order valence-corrected chi connectivity index (χ2v) is 9.65. The number of hydrogen-bond acceptors (Lipinski definition) is 4. The largest absolute Gasteiger partial charge is 0.388 e. The molecule has 9 heteroatoms. The number of amides is 1. The molecule has 132 valence electrons. The maximum Gasteiger partial charge on any atom is 0.326 e. The molecule has 0 aromatic carbocycles. The van der Waals surface area contributed by atoms with Gasteiger partial charge < -0.3 is 15.1 Å². The first-order valence-corrected chi connectivity index (χ1v) is 12.4. The van der Waals surface area contributed by atoms with E-state index in [1.54, 1.807) is 29.6 Å². The van der Waals surface area contributed by atoms with Gasteiger partial charge in [0.2, 0.25) is 0 Å². The number of rotatable bonds is 7. The number of carbonyl (C=O) groups is 1. The van der Waals surface area contributed by atoms with Crippen LogP contribution < -0.4 is 10.6 Å². The van der Waals surface area contributed by atoms with E-state index in [9.17, 15) is 4.79 Å². The molecule has 0 spiro atoms. The summed E-state index contributed by atoms with van der Waals surface area (Å²) in [5.74, 6) is 0. The summed E-state index contributed by atoms with van der Waals surface area (Å²) in [6.07, 6.45) is 6.06. The number of carbonyl (C=O) groups excluding carboxylic acids is 1. The van der Waals surface area contributed by atoms with Crippen LogP contribution >= 0.6 is 20.1 Å². The fourth-order valence-electron chi connectivity index (χ4n) is 2.61. The van der Waals surface area contributed by atoms with Crippen molar-refractivity contribution in [3.63, 3.8) is 0 Å². The highest BCUT2D eigenvalue weighted by Crippen LogP contribution is 2.24. The Hall–Kier alpha value is -0.953. The number of fused-ring (bicyclic) bond motifs is 1. The monoisotopic (exact) mass is 384 g/mol. The molecule has 2 atom stereocenters. The molecule has 0 saturated heterocycles. The van der Waals surface area contributed by atoms with Crippen molar-refractivity contribution < 1.29 is 9.22 Å². The smallest absolute Gasteiger partial charge is 0.326 e. The van der Waals surface area contributed by atoms with Crippen molar-refractivity contribution >= 4 is 39.6 Å². The Balaban J connectivity index is 2.12. The maximum absolute atomic E-state index is 12.3. The van der Waals surface area contributed by atoms with Gasteiger partial charge in [0, 0.05) is 13.2 Å². The summed E-state index contributed by atoms with van der Waals surface area (Å²) < 4.78 is 7.64. The van der Waals surface area contributed by atoms with Crippen LogP contribution in [0.4, 0.5) is 4.79 Å². The van der Waals surface area contributed by atoms with Crippen molar-refractivity contribution in [1.29, 1.82) is 0 Å². The Morgan fingerprint density at radius 1 is 1.62 bits per heavy atom. The number of hydrogen-bond donors (Lipinski definition) is 2. The second kappa shape index (κ2) is 9.51. The first-order chi connectivity index (χ1) is 11.6. The quantitative estimate of drug-likeness (QED) is 0.328. The van der Waals surface area contributed by atoms with Crippen molar-refractivity contribution in [3.8, 4) is 0 Å². The van der Waals surface area contributed by atoms with Gasteiger partial charge in [-0.2, -0.15) is 0 Å². The average molecular weight is 385 g/mol. The number of aromatic nitrogens is 1. The molecule has 0 aliphatic carbocycles. The summed E-state index contributed by atoms with van der Waals surface area (Å²) in [5, 5.41) is 7.31. The highest BCUT2D eigenvalue weighted by molar-refractivity contribution is 8.13. The van der Waals surface area contributed by atoms with E-state index >= 15 is 0 Å². The van der Waals surface area contributed by atoms with E-state index < -0.39 is 8.29 Å². The number of nitrogens with zero attached hydrogens (tertiary/aromatic N) is 2. The van der Waals surface area contributed by atoms with Crippen molar-refractivity contribution in [3.05, 3.63) is 24.0 Å². The third kappa shape index (κ3) is 4.78. The van der Waals surface area contributed by atoms with Gasteiger partial charge in [-0.15, -0.1) is 8.38 Å². The predicted octanol–water partition coefficient (Wildman–Crippen LogP) is 2.86. The van der Waals surface area contributed by atoms with Gasteiger partial charge in [0.15, 0.2) is 13.5 Å². The molecule has 0 radical (unpaired) electrons. The van der Waals surface area contributed by atoms with Crippen molar-refractivity contribution in [2.75, 3.05) is 19.9 Å². The van der Waals surface area contributed by atoms with Crippen LogP contribution in [0.1, 0.15) is 31.5 Å². The highest BCUT2D eigenvalue weighted by Gasteiger charge is 2.34. The molecule has 1 aliphatic heterocycles. The normalized spacial score (nSPS) is 20.5. The van der Waals surface area contributed by atoms with Crippen molar-refractivity contribution in [2.45, 2.75) is 37.9 Å². The summed E-state index contributed by atoms with van der Waals surface area (Å²) in [6, 6.07) is 4.58. The lowest BCUT2D eigenvalue weighted by Crippen LogP contribution is -2.54. The zero-order valence-corrected chi connectivity index (χ0v) is 17.2. The van der Waals surface area contributed by atoms with E-state index in [-0.39, 0.29) is 18.1 Å². The summed E-state index contributed by atoms with van der Waals surface area (Å²) >= 11 is 1.55. The van der Waals surface area contributed by atoms with E-state index in [1.807, 2.05) is 18.4 Å². The molecule has 6 nitrogen and oxygen atoms in total. The molecule has 2 heterocycles. The van der Waals surface area contributed by atoms with E-state index in [1.165, 1.54) is 0 Å². The fraction of sp³-hybridized carbons (Fsp3) is 0.600. The van der Waals surface area contributed by atoms with Gasteiger partial charge in [-0.1, -0.05) is 31.5 Å². The molecule has 0 unspecified atom stereocenters. The summed E-state index contributed by atoms with van der Waals surface area (Å²) in [5.41, 5.74) is 0.929. The predicted molar refractivity (Wildman–Crippen MR) is 105 cm³/mol. The van der Waals surface area contributed by atoms with Gasteiger partial charge in [0.1, 0.15) is 0 Å². The van der Waals surface area contributed by atoms with Crippen molar-refractivity contribution in [2.24, 2.45) is 4.99 Å². The molecular formula is C15H25N4O2PSSi. The maximum atomic E-state index is 12.3. The van der Waals surface area contributed by atoms with Gasteiger partial charge in [-0.25, -0.2) is 4.79 Å². The molecule has 2 rings (SSSR count). The molecule has 1 aliphatic rings. The molecule has 1 aromatic rings. The van der Waals surface area contributed by atoms with Crippen LogP contribution in [0, 0.1) is 0 Å². The average Bonchev–Trinajstić information content (AvgIpc) is 3.08. The van der Waals surface area contributed by atoms with E-state index in [0.29, 0.717) is 6.61 Å². The van der Waals surface area contributed by atoms with Crippen LogP contribution in [0.3, 0.4) is 0 Å². The number of amidine groups is 1. The van der Waals surface area contributed by atoms with Crippen LogP contribution in [-0.2, 0) is 4.43 Å². The summed E-state index contributed by atoms with van der Waals surface area (Å²) in [7, 11) is 4.46. The Bertz CT molecular complexity index is 622. The minimum absolute atomic E-state index is 0.0727. The second-order valence-electron chi connectivity index (χ2n) is 5.55. The fourth-order valence-corrected chi connectivity index (χ4v) is 5.02. The third-order valence-corrected chi connectivity index (χ3v) is 7.09. The minimum Gasteiger partial charge on any atom is -0.388 e. The SMILES string of the molecule is CCCC[Si](=P)OC[C@@H]1NC(=O)n2cccc2[C@H]1N/C(=N\C)SC. The molecule has 1 amide bonds. The summed E-state index contributed by atoms with van der Waals surface area (Å²) in [4.78, 5) is 16.5. The standard InChI is InChI=1S/C15H25N4O2PSSi/c1-4-5-9-24(22)21-10-11-13(18-14(16-2)23-3)12-7-6-8-19(12)15(20)17-11/h6-8,11,13,22H,4-5,9-10H2,1-3H3,(H,16,18)(H,17,20)/t11-,13-/m0/s1. The minimum atomic E-state index is -1.01. The zero-order chi connectivity index (χ0) is 17.5. The molecule has 0 bridgehead atoms. The van der Waals surface area contributed by atoms with Gasteiger partial charge in [-0.05, 0) is 24.4 Å². The lowest BCUT2D eigenvalue weighted by Gasteiger charge is -2.34.